The van der Waals surface area contributed by atoms with Crippen LogP contribution in [0, 0.1) is 11.8 Å². The summed E-state index contributed by atoms with van der Waals surface area (Å²) in [6.07, 6.45) is 0. The lowest BCUT2D eigenvalue weighted by Crippen LogP contribution is -1.98. The number of benzene rings is 2. The lowest BCUT2D eigenvalue weighted by molar-refractivity contribution is 0.306. The largest absolute Gasteiger partial charge is 0.495 e. The van der Waals surface area contributed by atoms with E-state index >= 15 is 0 Å². The van der Waals surface area contributed by atoms with E-state index in [0.717, 1.165) is 22.6 Å². The Kier molecular flexibility index (Phi) is 5.51. The number of hydrogen-bond acceptors (Lipinski definition) is 3. The first-order valence-electron chi connectivity index (χ1n) is 6.47. The maximum Gasteiger partial charge on any atom is 0.134 e. The van der Waals surface area contributed by atoms with Gasteiger partial charge in [0, 0.05) is 5.02 Å². The summed E-state index contributed by atoms with van der Waals surface area (Å²) in [5.74, 6) is 7.28. The average molecular weight is 302 g/mol. The highest BCUT2D eigenvalue weighted by atomic mass is 35.5. The van der Waals surface area contributed by atoms with Gasteiger partial charge in [-0.3, -0.25) is 0 Å². The van der Waals surface area contributed by atoms with E-state index < -0.39 is 0 Å². The van der Waals surface area contributed by atoms with Crippen LogP contribution in [0.2, 0.25) is 5.02 Å². The van der Waals surface area contributed by atoms with Gasteiger partial charge in [0.05, 0.1) is 19.2 Å². The van der Waals surface area contributed by atoms with Crippen LogP contribution in [0.15, 0.2) is 42.5 Å². The molecule has 0 aromatic heterocycles. The molecule has 4 heteroatoms. The Morgan fingerprint density at radius 3 is 2.76 bits per heavy atom. The monoisotopic (exact) mass is 301 g/mol. The molecule has 3 nitrogen and oxygen atoms in total. The van der Waals surface area contributed by atoms with E-state index in [4.69, 9.17) is 26.8 Å². The van der Waals surface area contributed by atoms with Crippen molar-refractivity contribution in [1.29, 1.82) is 0 Å². The maximum absolute atomic E-state index is 5.92. The molecule has 0 aliphatic rings. The summed E-state index contributed by atoms with van der Waals surface area (Å²) in [6, 6.07) is 13.1. The molecule has 0 aliphatic heterocycles. The number of hydrogen-bond donors (Lipinski definition) is 1. The van der Waals surface area contributed by atoms with Crippen LogP contribution in [0.5, 0.6) is 11.5 Å². The fraction of sp³-hybridized carbons (Fsp3) is 0.176. The van der Waals surface area contributed by atoms with Crippen LogP contribution >= 0.6 is 11.6 Å². The molecule has 0 fully saturated rings. The highest BCUT2D eigenvalue weighted by molar-refractivity contribution is 6.30. The molecule has 2 N–H and O–H groups in total. The van der Waals surface area contributed by atoms with Gasteiger partial charge in [-0.2, -0.15) is 0 Å². The molecule has 0 amide bonds. The highest BCUT2D eigenvalue weighted by Gasteiger charge is 2.03. The normalized spacial score (nSPS) is 9.67. The quantitative estimate of drug-likeness (QED) is 0.882. The molecular weight excluding hydrogens is 286 g/mol. The topological polar surface area (TPSA) is 44.5 Å². The van der Waals surface area contributed by atoms with Gasteiger partial charge in [0.15, 0.2) is 0 Å². The average Bonchev–Trinajstić information content (AvgIpc) is 2.51. The number of ether oxygens (including phenoxy) is 2. The van der Waals surface area contributed by atoms with Crippen molar-refractivity contribution in [3.63, 3.8) is 0 Å². The van der Waals surface area contributed by atoms with Crippen molar-refractivity contribution in [1.82, 2.24) is 0 Å². The summed E-state index contributed by atoms with van der Waals surface area (Å²) < 4.78 is 11.0. The zero-order valence-electron chi connectivity index (χ0n) is 11.7. The van der Waals surface area contributed by atoms with Crippen LogP contribution in [0.3, 0.4) is 0 Å². The molecule has 0 saturated heterocycles. The zero-order chi connectivity index (χ0) is 15.1. The fourth-order valence-corrected chi connectivity index (χ4v) is 1.99. The van der Waals surface area contributed by atoms with Gasteiger partial charge in [0.2, 0.25) is 0 Å². The van der Waals surface area contributed by atoms with Crippen LogP contribution < -0.4 is 15.2 Å². The molecule has 0 heterocycles. The first-order chi connectivity index (χ1) is 10.2. The molecule has 0 aliphatic carbocycles. The minimum Gasteiger partial charge on any atom is -0.495 e. The Balaban J connectivity index is 2.13. The minimum atomic E-state index is 0.312. The van der Waals surface area contributed by atoms with Gasteiger partial charge in [0.25, 0.3) is 0 Å². The molecule has 21 heavy (non-hydrogen) atoms. The fourth-order valence-electron chi connectivity index (χ4n) is 1.81. The molecule has 2 rings (SSSR count). The van der Waals surface area contributed by atoms with E-state index in [9.17, 15) is 0 Å². The smallest absolute Gasteiger partial charge is 0.134 e. The number of rotatable bonds is 4. The van der Waals surface area contributed by atoms with Crippen molar-refractivity contribution < 1.29 is 9.47 Å². The Morgan fingerprint density at radius 2 is 2.05 bits per heavy atom. The van der Waals surface area contributed by atoms with Crippen molar-refractivity contribution in [3.8, 4) is 23.3 Å². The molecule has 0 spiro atoms. The maximum atomic E-state index is 5.92. The Labute approximate surface area is 129 Å². The molecule has 0 unspecified atom stereocenters. The number of methoxy groups -OCH3 is 1. The Hall–Kier alpha value is -2.15. The lowest BCUT2D eigenvalue weighted by atomic mass is 10.1. The summed E-state index contributed by atoms with van der Waals surface area (Å²) in [4.78, 5) is 0. The van der Waals surface area contributed by atoms with Gasteiger partial charge >= 0.3 is 0 Å². The van der Waals surface area contributed by atoms with Crippen LogP contribution in [0.4, 0.5) is 0 Å². The van der Waals surface area contributed by atoms with Gasteiger partial charge in [-0.1, -0.05) is 35.6 Å². The summed E-state index contributed by atoms with van der Waals surface area (Å²) in [6.45, 7) is 0.744. The van der Waals surface area contributed by atoms with Gasteiger partial charge in [-0.25, -0.2) is 0 Å². The van der Waals surface area contributed by atoms with E-state index in [1.165, 1.54) is 0 Å². The standard InChI is InChI=1S/C17H16ClNO2/c1-20-17-8-7-13(10-14(17)4-3-9-19)12-21-16-6-2-5-15(18)11-16/h2,5-8,10-11H,9,12,19H2,1H3. The number of nitrogens with two attached hydrogens (primary N) is 1. The van der Waals surface area contributed by atoms with Crippen molar-refractivity contribution in [2.75, 3.05) is 13.7 Å². The Bertz CT molecular complexity index is 674. The molecule has 0 atom stereocenters. The SMILES string of the molecule is COc1ccc(COc2cccc(Cl)c2)cc1C#CCN. The van der Waals surface area contributed by atoms with Crippen LogP contribution in [0.25, 0.3) is 0 Å². The first kappa shape index (κ1) is 15.2. The summed E-state index contributed by atoms with van der Waals surface area (Å²) in [5, 5.41) is 0.650. The lowest BCUT2D eigenvalue weighted by Gasteiger charge is -2.09. The minimum absolute atomic E-state index is 0.312. The van der Waals surface area contributed by atoms with Gasteiger partial charge in [-0.05, 0) is 35.9 Å². The molecule has 0 saturated carbocycles. The second-order valence-electron chi connectivity index (χ2n) is 4.29. The van der Waals surface area contributed by atoms with Gasteiger partial charge < -0.3 is 15.2 Å². The molecule has 0 radical (unpaired) electrons. The van der Waals surface area contributed by atoms with Crippen LogP contribution in [-0.2, 0) is 6.61 Å². The van der Waals surface area contributed by atoms with Gasteiger partial charge in [0.1, 0.15) is 18.1 Å². The Morgan fingerprint density at radius 1 is 1.19 bits per heavy atom. The molecule has 108 valence electrons. The van der Waals surface area contributed by atoms with E-state index in [0.29, 0.717) is 18.2 Å². The molecule has 0 bridgehead atoms. The van der Waals surface area contributed by atoms with Crippen molar-refractivity contribution >= 4 is 11.6 Å². The molecule has 2 aromatic carbocycles. The number of halogens is 1. The highest BCUT2D eigenvalue weighted by Crippen LogP contribution is 2.21. The van der Waals surface area contributed by atoms with E-state index in [-0.39, 0.29) is 0 Å². The van der Waals surface area contributed by atoms with Crippen molar-refractivity contribution in [3.05, 3.63) is 58.6 Å². The van der Waals surface area contributed by atoms with E-state index in [1.54, 1.807) is 13.2 Å². The summed E-state index contributed by atoms with van der Waals surface area (Å²) >= 11 is 5.92. The zero-order valence-corrected chi connectivity index (χ0v) is 12.5. The van der Waals surface area contributed by atoms with E-state index in [1.807, 2.05) is 36.4 Å². The van der Waals surface area contributed by atoms with Gasteiger partial charge in [-0.15, -0.1) is 0 Å². The second kappa shape index (κ2) is 7.58. The summed E-state index contributed by atoms with van der Waals surface area (Å²) in [7, 11) is 1.62. The summed E-state index contributed by atoms with van der Waals surface area (Å²) in [5.41, 5.74) is 7.20. The molecular formula is C17H16ClNO2. The van der Waals surface area contributed by atoms with E-state index in [2.05, 4.69) is 11.8 Å². The third-order valence-corrected chi connectivity index (χ3v) is 3.03. The van der Waals surface area contributed by atoms with Crippen LogP contribution in [-0.4, -0.2) is 13.7 Å². The first-order valence-corrected chi connectivity index (χ1v) is 6.85. The van der Waals surface area contributed by atoms with Crippen molar-refractivity contribution in [2.24, 2.45) is 5.73 Å². The third kappa shape index (κ3) is 4.42. The predicted octanol–water partition coefficient (Wildman–Crippen LogP) is 3.24. The van der Waals surface area contributed by atoms with Crippen LogP contribution in [0.1, 0.15) is 11.1 Å². The molecule has 2 aromatic rings. The third-order valence-electron chi connectivity index (χ3n) is 2.79. The van der Waals surface area contributed by atoms with Crippen molar-refractivity contribution in [2.45, 2.75) is 6.61 Å². The predicted molar refractivity (Wildman–Crippen MR) is 84.7 cm³/mol. The second-order valence-corrected chi connectivity index (χ2v) is 4.72.